The first-order valence-corrected chi connectivity index (χ1v) is 8.20. The molecule has 0 radical (unpaired) electrons. The van der Waals surface area contributed by atoms with Crippen molar-refractivity contribution in [3.8, 4) is 5.75 Å². The maximum absolute atomic E-state index is 12.4. The number of sulfonamides is 1. The van der Waals surface area contributed by atoms with E-state index in [1.807, 2.05) is 0 Å². The van der Waals surface area contributed by atoms with E-state index in [9.17, 15) is 13.5 Å². The van der Waals surface area contributed by atoms with Crippen molar-refractivity contribution in [1.29, 1.82) is 0 Å². The van der Waals surface area contributed by atoms with Crippen molar-refractivity contribution in [3.05, 3.63) is 30.3 Å². The van der Waals surface area contributed by atoms with Crippen molar-refractivity contribution >= 4 is 10.0 Å². The maximum Gasteiger partial charge on any atom is 0.276 e. The number of furan rings is 1. The summed E-state index contributed by atoms with van der Waals surface area (Å²) in [5, 5.41) is 13.9. The monoisotopic (exact) mass is 327 g/mol. The first kappa shape index (κ1) is 15.1. The number of hydrogen-bond acceptors (Lipinski definition) is 6. The number of nitrogens with zero attached hydrogens (tertiary/aromatic N) is 3. The van der Waals surface area contributed by atoms with Crippen LogP contribution in [0.1, 0.15) is 5.76 Å². The molecular weight excluding hydrogens is 310 g/mol. The predicted octanol–water partition coefficient (Wildman–Crippen LogP) is 0.134. The highest BCUT2D eigenvalue weighted by Gasteiger charge is 2.41. The molecule has 0 aliphatic carbocycles. The van der Waals surface area contributed by atoms with Crippen LogP contribution in [0.3, 0.4) is 0 Å². The van der Waals surface area contributed by atoms with Gasteiger partial charge in [0.1, 0.15) is 18.0 Å². The molecule has 3 heterocycles. The first-order chi connectivity index (χ1) is 10.4. The van der Waals surface area contributed by atoms with Gasteiger partial charge in [-0.2, -0.15) is 9.40 Å². The van der Waals surface area contributed by atoms with Crippen LogP contribution in [0, 0.1) is 6.92 Å². The Morgan fingerprint density at radius 3 is 2.77 bits per heavy atom. The van der Waals surface area contributed by atoms with Gasteiger partial charge >= 0.3 is 0 Å². The Bertz CT molecular complexity index is 766. The van der Waals surface area contributed by atoms with Gasteiger partial charge in [0.05, 0.1) is 18.9 Å². The lowest BCUT2D eigenvalue weighted by Gasteiger charge is -2.15. The molecule has 3 rings (SSSR count). The van der Waals surface area contributed by atoms with Crippen molar-refractivity contribution < 1.29 is 22.7 Å². The quantitative estimate of drug-likeness (QED) is 0.857. The van der Waals surface area contributed by atoms with Crippen molar-refractivity contribution in [1.82, 2.24) is 14.1 Å². The fourth-order valence-electron chi connectivity index (χ4n) is 2.35. The third-order valence-corrected chi connectivity index (χ3v) is 5.19. The number of hydrogen-bond donors (Lipinski definition) is 1. The summed E-state index contributed by atoms with van der Waals surface area (Å²) in [7, 11) is -2.02. The summed E-state index contributed by atoms with van der Waals surface area (Å²) in [6, 6.07) is 3.00. The second kappa shape index (κ2) is 5.41. The maximum atomic E-state index is 12.4. The minimum Gasteiger partial charge on any atom is -0.483 e. The molecule has 0 bridgehead atoms. The number of rotatable bonds is 4. The lowest BCUT2D eigenvalue weighted by molar-refractivity contribution is 0.0737. The second-order valence-electron chi connectivity index (χ2n) is 5.26. The summed E-state index contributed by atoms with van der Waals surface area (Å²) in [5.74, 6) is 1.00. The SMILES string of the molecule is Cc1ccc(S(=O)(=O)N2C[C@@H](O)[C@H](Oc3cnn(C)c3)C2)o1. The average molecular weight is 327 g/mol. The molecule has 1 aliphatic heterocycles. The summed E-state index contributed by atoms with van der Waals surface area (Å²) in [6.45, 7) is 1.69. The van der Waals surface area contributed by atoms with Crippen molar-refractivity contribution in [2.75, 3.05) is 13.1 Å². The van der Waals surface area contributed by atoms with E-state index in [0.717, 1.165) is 4.31 Å². The van der Waals surface area contributed by atoms with Crippen LogP contribution in [-0.4, -0.2) is 52.9 Å². The zero-order valence-corrected chi connectivity index (χ0v) is 13.0. The largest absolute Gasteiger partial charge is 0.483 e. The molecule has 22 heavy (non-hydrogen) atoms. The molecule has 1 saturated heterocycles. The van der Waals surface area contributed by atoms with Gasteiger partial charge in [0, 0.05) is 13.6 Å². The zero-order chi connectivity index (χ0) is 15.9. The Morgan fingerprint density at radius 1 is 1.41 bits per heavy atom. The summed E-state index contributed by atoms with van der Waals surface area (Å²) in [6.07, 6.45) is 1.61. The van der Waals surface area contributed by atoms with Crippen LogP contribution in [0.4, 0.5) is 0 Å². The Labute approximate surface area is 128 Å². The van der Waals surface area contributed by atoms with E-state index in [4.69, 9.17) is 9.15 Å². The van der Waals surface area contributed by atoms with E-state index < -0.39 is 22.2 Å². The second-order valence-corrected chi connectivity index (χ2v) is 7.13. The van der Waals surface area contributed by atoms with Crippen LogP contribution >= 0.6 is 0 Å². The zero-order valence-electron chi connectivity index (χ0n) is 12.2. The van der Waals surface area contributed by atoms with E-state index in [0.29, 0.717) is 11.5 Å². The highest BCUT2D eigenvalue weighted by atomic mass is 32.2. The molecule has 1 fully saturated rings. The van der Waals surface area contributed by atoms with Gasteiger partial charge in [-0.05, 0) is 19.1 Å². The molecule has 0 aromatic carbocycles. The Morgan fingerprint density at radius 2 is 2.18 bits per heavy atom. The van der Waals surface area contributed by atoms with Crippen molar-refractivity contribution in [2.45, 2.75) is 24.2 Å². The highest BCUT2D eigenvalue weighted by molar-refractivity contribution is 7.89. The number of ether oxygens (including phenoxy) is 1. The summed E-state index contributed by atoms with van der Waals surface area (Å²) in [5.41, 5.74) is 0. The minimum absolute atomic E-state index is 0.0347. The standard InChI is InChI=1S/C13H17N3O5S/c1-9-3-4-13(20-9)22(18,19)16-7-11(17)12(8-16)21-10-5-14-15(2)6-10/h3-6,11-12,17H,7-8H2,1-2H3/t11-,12-/m1/s1. The molecule has 1 aliphatic rings. The van der Waals surface area contributed by atoms with Crippen molar-refractivity contribution in [2.24, 2.45) is 7.05 Å². The highest BCUT2D eigenvalue weighted by Crippen LogP contribution is 2.25. The number of aliphatic hydroxyl groups is 1. The molecule has 0 amide bonds. The normalized spacial score (nSPS) is 23.0. The lowest BCUT2D eigenvalue weighted by Crippen LogP contribution is -2.31. The molecule has 0 unspecified atom stereocenters. The van der Waals surface area contributed by atoms with E-state index in [1.54, 1.807) is 30.9 Å². The summed E-state index contributed by atoms with van der Waals surface area (Å²) >= 11 is 0. The van der Waals surface area contributed by atoms with Gasteiger partial charge in [-0.3, -0.25) is 4.68 Å². The van der Waals surface area contributed by atoms with Gasteiger partial charge in [0.15, 0.2) is 5.75 Å². The molecule has 9 heteroatoms. The van der Waals surface area contributed by atoms with Gasteiger partial charge in [0.2, 0.25) is 5.09 Å². The third kappa shape index (κ3) is 2.74. The first-order valence-electron chi connectivity index (χ1n) is 6.76. The fourth-order valence-corrected chi connectivity index (χ4v) is 3.77. The van der Waals surface area contributed by atoms with E-state index >= 15 is 0 Å². The smallest absolute Gasteiger partial charge is 0.276 e. The summed E-state index contributed by atoms with van der Waals surface area (Å²) in [4.78, 5) is 0. The molecule has 120 valence electrons. The molecular formula is C13H17N3O5S. The van der Waals surface area contributed by atoms with Crippen LogP contribution in [0.15, 0.2) is 34.0 Å². The lowest BCUT2D eigenvalue weighted by atomic mass is 10.3. The number of β-amino-alcohol motifs (C(OH)–C–C–N with tert-alkyl or cyclic N) is 1. The van der Waals surface area contributed by atoms with E-state index in [1.165, 1.54) is 12.3 Å². The average Bonchev–Trinajstić information content (AvgIpc) is 3.13. The third-order valence-electron chi connectivity index (χ3n) is 3.48. The van der Waals surface area contributed by atoms with Crippen LogP contribution in [0.2, 0.25) is 0 Å². The topological polar surface area (TPSA) is 97.8 Å². The Kier molecular flexibility index (Phi) is 3.71. The number of aliphatic hydroxyl groups excluding tert-OH is 1. The van der Waals surface area contributed by atoms with Gasteiger partial charge in [-0.15, -0.1) is 0 Å². The van der Waals surface area contributed by atoms with Crippen LogP contribution in [0.5, 0.6) is 5.75 Å². The van der Waals surface area contributed by atoms with Crippen molar-refractivity contribution in [3.63, 3.8) is 0 Å². The van der Waals surface area contributed by atoms with E-state index in [-0.39, 0.29) is 18.2 Å². The molecule has 2 aromatic rings. The van der Waals surface area contributed by atoms with Crippen LogP contribution < -0.4 is 4.74 Å². The van der Waals surface area contributed by atoms with Gasteiger partial charge < -0.3 is 14.3 Å². The molecule has 0 spiro atoms. The molecule has 8 nitrogen and oxygen atoms in total. The number of aromatic nitrogens is 2. The Hall–Kier alpha value is -1.84. The summed E-state index contributed by atoms with van der Waals surface area (Å²) < 4.78 is 38.4. The molecule has 0 saturated carbocycles. The molecule has 1 N–H and O–H groups in total. The van der Waals surface area contributed by atoms with Gasteiger partial charge in [-0.25, -0.2) is 8.42 Å². The van der Waals surface area contributed by atoms with Crippen LogP contribution in [-0.2, 0) is 17.1 Å². The predicted molar refractivity (Wildman–Crippen MR) is 75.8 cm³/mol. The van der Waals surface area contributed by atoms with E-state index in [2.05, 4.69) is 5.10 Å². The Balaban J connectivity index is 1.75. The molecule has 2 atom stereocenters. The molecule has 2 aromatic heterocycles. The van der Waals surface area contributed by atoms with Gasteiger partial charge in [-0.1, -0.05) is 0 Å². The van der Waals surface area contributed by atoms with Gasteiger partial charge in [0.25, 0.3) is 10.0 Å². The number of aryl methyl sites for hydroxylation is 2. The van der Waals surface area contributed by atoms with Crippen LogP contribution in [0.25, 0.3) is 0 Å². The minimum atomic E-state index is -3.76. The fraction of sp³-hybridized carbons (Fsp3) is 0.462.